The number of aromatic amines is 1. The first-order valence-corrected chi connectivity index (χ1v) is 17.0. The average Bonchev–Trinajstić information content (AvgIpc) is 3.46. The van der Waals surface area contributed by atoms with Crippen LogP contribution in [0.4, 0.5) is 4.79 Å². The van der Waals surface area contributed by atoms with Crippen LogP contribution in [0, 0.1) is 5.92 Å². The number of ether oxygens (including phenoxy) is 2. The number of rotatable bonds is 14. The van der Waals surface area contributed by atoms with Crippen LogP contribution in [0.15, 0.2) is 60.8 Å². The van der Waals surface area contributed by atoms with Crippen molar-refractivity contribution >= 4 is 40.7 Å². The second-order valence-electron chi connectivity index (χ2n) is 14.2. The zero-order chi connectivity index (χ0) is 36.6. The molecule has 1 fully saturated rings. The molecule has 0 radical (unpaired) electrons. The molecule has 3 aromatic rings. The van der Waals surface area contributed by atoms with E-state index in [9.17, 15) is 24.0 Å². The molecule has 1 saturated heterocycles. The lowest BCUT2D eigenvalue weighted by Gasteiger charge is -2.44. The predicted molar refractivity (Wildman–Crippen MR) is 189 cm³/mol. The van der Waals surface area contributed by atoms with Crippen molar-refractivity contribution in [3.63, 3.8) is 0 Å². The number of carbonyl (C=O) groups is 5. The number of hydrogen-bond donors (Lipinski definition) is 5. The fourth-order valence-corrected chi connectivity index (χ4v) is 6.30. The number of benzene rings is 2. The number of carbonyl (C=O) groups excluding carboxylic acids is 5. The molecule has 5 atom stereocenters. The number of nitrogens with one attached hydrogen (secondary N) is 4. The number of para-hydroxylation sites is 1. The Morgan fingerprint density at radius 2 is 1.68 bits per heavy atom. The van der Waals surface area contributed by atoms with E-state index in [4.69, 9.17) is 15.2 Å². The Morgan fingerprint density at radius 1 is 1.00 bits per heavy atom. The second-order valence-corrected chi connectivity index (χ2v) is 14.2. The van der Waals surface area contributed by atoms with E-state index < -0.39 is 65.6 Å². The molecule has 4 amide bonds. The predicted octanol–water partition coefficient (Wildman–Crippen LogP) is 2.96. The van der Waals surface area contributed by atoms with Gasteiger partial charge in [0.15, 0.2) is 0 Å². The number of amides is 4. The molecule has 2 heterocycles. The highest BCUT2D eigenvalue weighted by Crippen LogP contribution is 2.23. The monoisotopic (exact) mass is 690 g/mol. The molecular weight excluding hydrogens is 640 g/mol. The number of nitrogens with zero attached hydrogens (tertiary/aromatic N) is 1. The summed E-state index contributed by atoms with van der Waals surface area (Å²) in [5.41, 5.74) is 7.63. The van der Waals surface area contributed by atoms with Crippen LogP contribution in [-0.2, 0) is 41.5 Å². The Bertz CT molecular complexity index is 1650. The molecule has 1 aliphatic heterocycles. The van der Waals surface area contributed by atoms with Gasteiger partial charge in [0.1, 0.15) is 17.7 Å². The number of alkyl carbamates (subject to hydrolysis) is 1. The Labute approximate surface area is 293 Å². The van der Waals surface area contributed by atoms with E-state index in [0.29, 0.717) is 6.42 Å². The zero-order valence-corrected chi connectivity index (χ0v) is 29.7. The van der Waals surface area contributed by atoms with E-state index in [1.807, 2.05) is 74.6 Å². The topological polar surface area (TPSA) is 185 Å². The normalized spacial score (nSPS) is 18.3. The molecule has 13 heteroatoms. The maximum Gasteiger partial charge on any atom is 0.408 e. The van der Waals surface area contributed by atoms with Crippen molar-refractivity contribution in [2.45, 2.75) is 96.1 Å². The van der Waals surface area contributed by atoms with Crippen molar-refractivity contribution in [1.82, 2.24) is 25.8 Å². The Kier molecular flexibility index (Phi) is 12.6. The number of piperazine rings is 1. The minimum Gasteiger partial charge on any atom is -0.469 e. The summed E-state index contributed by atoms with van der Waals surface area (Å²) in [6.45, 7) is 9.25. The third-order valence-electron chi connectivity index (χ3n) is 8.61. The molecule has 0 unspecified atom stereocenters. The van der Waals surface area contributed by atoms with E-state index in [1.54, 1.807) is 20.8 Å². The first-order chi connectivity index (χ1) is 23.6. The van der Waals surface area contributed by atoms with Gasteiger partial charge in [0.25, 0.3) is 0 Å². The van der Waals surface area contributed by atoms with Gasteiger partial charge in [0.2, 0.25) is 17.7 Å². The van der Waals surface area contributed by atoms with Crippen molar-refractivity contribution in [1.29, 1.82) is 0 Å². The highest BCUT2D eigenvalue weighted by atomic mass is 16.6. The number of nitrogens with two attached hydrogens (primary N) is 1. The lowest BCUT2D eigenvalue weighted by Crippen LogP contribution is -2.69. The largest absolute Gasteiger partial charge is 0.469 e. The van der Waals surface area contributed by atoms with E-state index in [2.05, 4.69) is 20.9 Å². The number of hydrogen-bond acceptors (Lipinski definition) is 8. The van der Waals surface area contributed by atoms with Gasteiger partial charge in [0, 0.05) is 48.6 Å². The SMILES string of the molecule is COC(=O)C[C@@H]1N[C@H]([C@H](CC(C)C)NC(=O)[C@H](Cc2c[nH]c3ccccc23)NC(=O)OC(C)(C)C)CN([C@@H](Cc2ccccc2)C(N)=O)C1=O. The van der Waals surface area contributed by atoms with Crippen LogP contribution in [0.25, 0.3) is 10.9 Å². The third kappa shape index (κ3) is 10.3. The molecule has 0 bridgehead atoms. The summed E-state index contributed by atoms with van der Waals surface area (Å²) in [5, 5.41) is 10.1. The number of methoxy groups -OCH3 is 1. The quantitative estimate of drug-likeness (QED) is 0.160. The van der Waals surface area contributed by atoms with E-state index in [-0.39, 0.29) is 31.7 Å². The second kappa shape index (κ2) is 16.7. The van der Waals surface area contributed by atoms with Crippen LogP contribution in [0.2, 0.25) is 0 Å². The third-order valence-corrected chi connectivity index (χ3v) is 8.61. The lowest BCUT2D eigenvalue weighted by atomic mass is 9.91. The average molecular weight is 691 g/mol. The summed E-state index contributed by atoms with van der Waals surface area (Å²) in [5.74, 6) is -2.14. The molecule has 13 nitrogen and oxygen atoms in total. The van der Waals surface area contributed by atoms with Gasteiger partial charge < -0.3 is 35.7 Å². The van der Waals surface area contributed by atoms with E-state index in [1.165, 1.54) is 12.0 Å². The molecule has 0 aliphatic carbocycles. The van der Waals surface area contributed by atoms with Crippen molar-refractivity contribution in [2.75, 3.05) is 13.7 Å². The number of fused-ring (bicyclic) bond motifs is 1. The number of aromatic nitrogens is 1. The van der Waals surface area contributed by atoms with Gasteiger partial charge in [-0.3, -0.25) is 24.5 Å². The molecule has 270 valence electrons. The summed E-state index contributed by atoms with van der Waals surface area (Å²) in [4.78, 5) is 71.0. The van der Waals surface area contributed by atoms with Gasteiger partial charge in [-0.25, -0.2) is 4.79 Å². The standard InChI is InChI=1S/C37H50N6O7/c1-22(2)16-27(41-34(46)28(42-36(48)50-37(3,4)5)18-24-20-39-26-15-11-10-14-25(24)26)30-21-43(35(47)29(40-30)19-32(44)49-6)31(33(38)45)17-23-12-8-7-9-13-23/h7-15,20,22,27-31,39-40H,16-19,21H2,1-6H3,(H2,38,45)(H,41,46)(H,42,48)/t27-,28-,29-,30-,31-/m0/s1. The van der Waals surface area contributed by atoms with Crippen LogP contribution in [0.3, 0.4) is 0 Å². The van der Waals surface area contributed by atoms with Crippen LogP contribution in [0.5, 0.6) is 0 Å². The molecule has 0 saturated carbocycles. The van der Waals surface area contributed by atoms with Gasteiger partial charge in [0.05, 0.1) is 19.6 Å². The Hall–Kier alpha value is -4.91. The van der Waals surface area contributed by atoms with Crippen LogP contribution in [0.1, 0.15) is 58.6 Å². The van der Waals surface area contributed by atoms with Gasteiger partial charge >= 0.3 is 12.1 Å². The summed E-state index contributed by atoms with van der Waals surface area (Å²) < 4.78 is 10.4. The van der Waals surface area contributed by atoms with Gasteiger partial charge in [-0.05, 0) is 50.3 Å². The maximum atomic E-state index is 14.2. The van der Waals surface area contributed by atoms with Crippen LogP contribution in [-0.4, -0.2) is 89.1 Å². The fraction of sp³-hybridized carbons (Fsp3) is 0.486. The van der Waals surface area contributed by atoms with Gasteiger partial charge in [-0.15, -0.1) is 0 Å². The highest BCUT2D eigenvalue weighted by Gasteiger charge is 2.43. The van der Waals surface area contributed by atoms with Crippen molar-refractivity contribution in [3.8, 4) is 0 Å². The number of H-pyrrole nitrogens is 1. The number of primary amides is 1. The molecule has 4 rings (SSSR count). The minimum atomic E-state index is -1.03. The minimum absolute atomic E-state index is 0.0290. The maximum absolute atomic E-state index is 14.2. The van der Waals surface area contributed by atoms with Crippen LogP contribution < -0.4 is 21.7 Å². The summed E-state index contributed by atoms with van der Waals surface area (Å²) >= 11 is 0. The van der Waals surface area contributed by atoms with E-state index in [0.717, 1.165) is 22.0 Å². The Balaban J connectivity index is 1.66. The van der Waals surface area contributed by atoms with Gasteiger partial charge in [-0.2, -0.15) is 0 Å². The molecule has 0 spiro atoms. The first-order valence-electron chi connectivity index (χ1n) is 17.0. The smallest absolute Gasteiger partial charge is 0.408 e. The lowest BCUT2D eigenvalue weighted by molar-refractivity contribution is -0.150. The highest BCUT2D eigenvalue weighted by molar-refractivity contribution is 5.92. The van der Waals surface area contributed by atoms with Crippen LogP contribution >= 0.6 is 0 Å². The van der Waals surface area contributed by atoms with Crippen molar-refractivity contribution in [3.05, 3.63) is 71.9 Å². The van der Waals surface area contributed by atoms with Crippen molar-refractivity contribution < 1.29 is 33.4 Å². The number of esters is 1. The molecule has 1 aliphatic rings. The molecule has 50 heavy (non-hydrogen) atoms. The van der Waals surface area contributed by atoms with E-state index >= 15 is 0 Å². The van der Waals surface area contributed by atoms with Gasteiger partial charge in [-0.1, -0.05) is 62.4 Å². The summed E-state index contributed by atoms with van der Waals surface area (Å²) in [6, 6.07) is 12.6. The first kappa shape index (κ1) is 37.9. The van der Waals surface area contributed by atoms with Crippen molar-refractivity contribution in [2.24, 2.45) is 11.7 Å². The molecular formula is C37H50N6O7. The Morgan fingerprint density at radius 3 is 2.32 bits per heavy atom. The summed E-state index contributed by atoms with van der Waals surface area (Å²) in [6.07, 6.45) is 1.60. The molecule has 6 N–H and O–H groups in total. The molecule has 2 aromatic carbocycles. The molecule has 1 aromatic heterocycles. The zero-order valence-electron chi connectivity index (χ0n) is 29.7. The summed E-state index contributed by atoms with van der Waals surface area (Å²) in [7, 11) is 1.24. The fourth-order valence-electron chi connectivity index (χ4n) is 6.30.